The van der Waals surface area contributed by atoms with Crippen molar-refractivity contribution in [3.8, 4) is 0 Å². The molecule has 2 saturated heterocycles. The van der Waals surface area contributed by atoms with Gasteiger partial charge in [-0.3, -0.25) is 9.80 Å². The Hall–Kier alpha value is -0.0800. The topological polar surface area (TPSA) is 6.48 Å². The molecule has 0 spiro atoms. The zero-order valence-electron chi connectivity index (χ0n) is 10.5. The molecule has 2 heteroatoms. The summed E-state index contributed by atoms with van der Waals surface area (Å²) in [6.45, 7) is 12.9. The lowest BCUT2D eigenvalue weighted by atomic mass is 10.2. The maximum atomic E-state index is 3.64. The van der Waals surface area contributed by atoms with Crippen LogP contribution >= 0.6 is 0 Å². The van der Waals surface area contributed by atoms with Crippen LogP contribution in [0.25, 0.3) is 0 Å². The summed E-state index contributed by atoms with van der Waals surface area (Å²) in [7, 11) is 0. The molecule has 2 heterocycles. The van der Waals surface area contributed by atoms with Gasteiger partial charge in [0.2, 0.25) is 0 Å². The molecule has 0 amide bonds. The zero-order valence-corrected chi connectivity index (χ0v) is 10.5. The summed E-state index contributed by atoms with van der Waals surface area (Å²) in [6.07, 6.45) is 5.30. The Morgan fingerprint density at radius 2 is 0.933 bits per heavy atom. The monoisotopic (exact) mass is 208 g/mol. The largest absolute Gasteiger partial charge is 0.274 e. The van der Waals surface area contributed by atoms with Gasteiger partial charge < -0.3 is 0 Å². The molecule has 0 N–H and O–H groups in total. The molecular weight excluding hydrogens is 184 g/mol. The van der Waals surface area contributed by atoms with Gasteiger partial charge in [0, 0.05) is 24.2 Å². The number of likely N-dealkylation sites (tertiary alicyclic amines) is 2. The average molecular weight is 208 g/mol. The number of hydrogen-bond acceptors (Lipinski definition) is 2. The summed E-state index contributed by atoms with van der Waals surface area (Å²) in [5, 5.41) is 0. The van der Waals surface area contributed by atoms with Crippen LogP contribution in [-0.4, -0.2) is 34.0 Å². The fourth-order valence-electron chi connectivity index (χ4n) is 2.92. The molecule has 0 bridgehead atoms. The minimum Gasteiger partial charge on any atom is -0.274 e. The molecule has 2 rings (SSSR count). The Morgan fingerprint density at radius 3 is 1.20 bits per heavy atom. The second-order valence-corrected chi connectivity index (χ2v) is 5.47. The van der Waals surface area contributed by atoms with E-state index >= 15 is 0 Å². The van der Waals surface area contributed by atoms with E-state index in [0.29, 0.717) is 24.2 Å². The van der Waals surface area contributed by atoms with E-state index in [9.17, 15) is 0 Å². The van der Waals surface area contributed by atoms with Crippen molar-refractivity contribution >= 4 is 0 Å². The maximum absolute atomic E-state index is 3.64. The highest BCUT2D eigenvalue weighted by molar-refractivity contribution is 4.93. The highest BCUT2D eigenvalue weighted by Crippen LogP contribution is 2.31. The Balaban J connectivity index is 1.95. The fourth-order valence-corrected chi connectivity index (χ4v) is 2.92. The van der Waals surface area contributed by atoms with Crippen molar-refractivity contribution in [3.63, 3.8) is 0 Å². The lowest BCUT2D eigenvalue weighted by molar-refractivity contribution is 0.134. The normalized spacial score (nSPS) is 44.0. The molecule has 2 aliphatic heterocycles. The average Bonchev–Trinajstić information content (AvgIpc) is 2.67. The van der Waals surface area contributed by atoms with Gasteiger partial charge in [-0.05, 0) is 53.4 Å². The van der Waals surface area contributed by atoms with Crippen molar-refractivity contribution < 1.29 is 0 Å². The first kappa shape index (κ1) is 11.4. The molecule has 0 unspecified atom stereocenters. The molecule has 4 atom stereocenters. The second kappa shape index (κ2) is 4.42. The highest BCUT2D eigenvalue weighted by Gasteiger charge is 2.35. The predicted octanol–water partition coefficient (Wildman–Crippen LogP) is 2.73. The summed E-state index contributed by atoms with van der Waals surface area (Å²) in [6, 6.07) is 2.72. The van der Waals surface area contributed by atoms with Crippen molar-refractivity contribution in [2.75, 3.05) is 0 Å². The molecule has 15 heavy (non-hydrogen) atoms. The Labute approximate surface area is 94.6 Å². The van der Waals surface area contributed by atoms with Crippen LogP contribution in [0.3, 0.4) is 0 Å². The van der Waals surface area contributed by atoms with E-state index in [4.69, 9.17) is 0 Å². The van der Waals surface area contributed by atoms with E-state index in [1.54, 1.807) is 0 Å². The number of rotatable bonds is 2. The van der Waals surface area contributed by atoms with Crippen LogP contribution in [0.4, 0.5) is 0 Å². The molecule has 2 nitrogen and oxygen atoms in total. The predicted molar refractivity (Wildman–Crippen MR) is 63.2 cm³/mol. The van der Waals surface area contributed by atoms with Crippen molar-refractivity contribution in [1.29, 1.82) is 0 Å². The quantitative estimate of drug-likeness (QED) is 0.688. The van der Waals surface area contributed by atoms with Gasteiger partial charge in [-0.15, -0.1) is 0 Å². The molecule has 0 saturated carbocycles. The van der Waals surface area contributed by atoms with Crippen molar-refractivity contribution in [2.45, 2.75) is 77.5 Å². The minimum atomic E-state index is 0.681. The van der Waals surface area contributed by atoms with Crippen LogP contribution in [0.2, 0.25) is 0 Å². The molecular formula is C13H24N2. The Morgan fingerprint density at radius 1 is 0.667 bits per heavy atom. The first-order valence-electron chi connectivity index (χ1n) is 6.42. The van der Waals surface area contributed by atoms with Crippen molar-refractivity contribution in [2.24, 2.45) is 0 Å². The third-order valence-electron chi connectivity index (χ3n) is 4.13. The van der Waals surface area contributed by atoms with Gasteiger partial charge in [0.15, 0.2) is 0 Å². The summed E-state index contributed by atoms with van der Waals surface area (Å²) >= 11 is 0. The fraction of sp³-hybridized carbons (Fsp3) is 0.923. The van der Waals surface area contributed by atoms with Gasteiger partial charge in [0.25, 0.3) is 0 Å². The van der Waals surface area contributed by atoms with E-state index in [1.165, 1.54) is 25.7 Å². The van der Waals surface area contributed by atoms with Crippen LogP contribution in [-0.2, 0) is 0 Å². The standard InChI is InChI=1S/C13H24N2/c1-10-5-6-11(2)14(10)9-15-12(3)7-8-13(15)4/h10-13H,5-8H2,1-4H3/t10-,11-,12-,13-/m0/s1. The Kier molecular flexibility index (Phi) is 3.36. The van der Waals surface area contributed by atoms with Gasteiger partial charge in [0.05, 0.1) is 0 Å². The summed E-state index contributed by atoms with van der Waals surface area (Å²) in [4.78, 5) is 4.89. The van der Waals surface area contributed by atoms with E-state index in [1.807, 2.05) is 0 Å². The molecule has 0 aromatic rings. The number of hydrogen-bond donors (Lipinski definition) is 0. The van der Waals surface area contributed by atoms with Gasteiger partial charge in [-0.2, -0.15) is 0 Å². The van der Waals surface area contributed by atoms with E-state index in [0.717, 1.165) is 0 Å². The van der Waals surface area contributed by atoms with Crippen LogP contribution in [0, 0.1) is 6.67 Å². The molecule has 86 valence electrons. The van der Waals surface area contributed by atoms with Gasteiger partial charge >= 0.3 is 0 Å². The smallest absolute Gasteiger partial charge is 0.147 e. The van der Waals surface area contributed by atoms with Gasteiger partial charge in [-0.25, -0.2) is 0 Å². The third kappa shape index (κ3) is 2.21. The lowest BCUT2D eigenvalue weighted by Crippen LogP contribution is -2.42. The third-order valence-corrected chi connectivity index (χ3v) is 4.13. The van der Waals surface area contributed by atoms with E-state index in [2.05, 4.69) is 44.2 Å². The molecule has 0 aliphatic carbocycles. The van der Waals surface area contributed by atoms with Crippen molar-refractivity contribution in [3.05, 3.63) is 6.67 Å². The van der Waals surface area contributed by atoms with Crippen LogP contribution in [0.5, 0.6) is 0 Å². The highest BCUT2D eigenvalue weighted by atomic mass is 15.4. The van der Waals surface area contributed by atoms with Gasteiger partial charge in [-0.1, -0.05) is 0 Å². The maximum Gasteiger partial charge on any atom is 0.147 e. The second-order valence-electron chi connectivity index (χ2n) is 5.47. The number of nitrogens with zero attached hydrogens (tertiary/aromatic N) is 2. The van der Waals surface area contributed by atoms with Crippen molar-refractivity contribution in [1.82, 2.24) is 9.80 Å². The van der Waals surface area contributed by atoms with Crippen LogP contribution in [0.15, 0.2) is 0 Å². The SMILES string of the molecule is C[C@H]1CC[C@H](C)N1[C]N1[C@@H](C)CC[C@@H]1C. The molecule has 2 radical (unpaired) electrons. The lowest BCUT2D eigenvalue weighted by Gasteiger charge is -2.33. The molecule has 2 fully saturated rings. The first-order valence-corrected chi connectivity index (χ1v) is 6.42. The molecule has 0 aromatic heterocycles. The van der Waals surface area contributed by atoms with Crippen LogP contribution < -0.4 is 0 Å². The molecule has 2 aliphatic rings. The molecule has 0 aromatic carbocycles. The Bertz CT molecular complexity index is 175. The summed E-state index contributed by atoms with van der Waals surface area (Å²) in [5.74, 6) is 0. The van der Waals surface area contributed by atoms with Gasteiger partial charge in [0.1, 0.15) is 6.67 Å². The summed E-state index contributed by atoms with van der Waals surface area (Å²) < 4.78 is 0. The van der Waals surface area contributed by atoms with E-state index < -0.39 is 0 Å². The summed E-state index contributed by atoms with van der Waals surface area (Å²) in [5.41, 5.74) is 0. The minimum absolute atomic E-state index is 0.681. The zero-order chi connectivity index (χ0) is 11.0. The first-order chi connectivity index (χ1) is 7.09. The van der Waals surface area contributed by atoms with Crippen LogP contribution in [0.1, 0.15) is 53.4 Å². The van der Waals surface area contributed by atoms with E-state index in [-0.39, 0.29) is 0 Å².